The Morgan fingerprint density at radius 3 is 2.88 bits per heavy atom. The maximum Gasteiger partial charge on any atom is 0.0948 e. The van der Waals surface area contributed by atoms with Gasteiger partial charge < -0.3 is 9.88 Å². The molecule has 1 aromatic rings. The first-order valence-electron chi connectivity index (χ1n) is 6.44. The fraction of sp³-hybridized carbons (Fsp3) is 0.769. The van der Waals surface area contributed by atoms with Gasteiger partial charge in [-0.25, -0.2) is 4.98 Å². The van der Waals surface area contributed by atoms with Crippen molar-refractivity contribution in [2.75, 3.05) is 13.1 Å². The summed E-state index contributed by atoms with van der Waals surface area (Å²) in [6, 6.07) is 0.708. The van der Waals surface area contributed by atoms with Crippen molar-refractivity contribution in [1.29, 1.82) is 0 Å². The highest BCUT2D eigenvalue weighted by Crippen LogP contribution is 2.36. The minimum atomic E-state index is 0.708. The Kier molecular flexibility index (Phi) is 3.99. The number of imidazole rings is 1. The van der Waals surface area contributed by atoms with E-state index in [1.54, 1.807) is 0 Å². The third kappa shape index (κ3) is 3.08. The van der Waals surface area contributed by atoms with E-state index in [4.69, 9.17) is 0 Å². The van der Waals surface area contributed by atoms with Gasteiger partial charge in [-0.3, -0.25) is 0 Å². The van der Waals surface area contributed by atoms with E-state index in [0.717, 1.165) is 11.8 Å². The lowest BCUT2D eigenvalue weighted by molar-refractivity contribution is 0.192. The van der Waals surface area contributed by atoms with Gasteiger partial charge in [0.05, 0.1) is 6.33 Å². The molecule has 1 aromatic heterocycles. The number of aromatic nitrogens is 2. The fourth-order valence-corrected chi connectivity index (χ4v) is 2.29. The number of nitrogens with zero attached hydrogens (tertiary/aromatic N) is 2. The molecule has 0 spiro atoms. The molecule has 2 rings (SSSR count). The van der Waals surface area contributed by atoms with Crippen LogP contribution in [0.15, 0.2) is 18.7 Å². The highest BCUT2D eigenvalue weighted by molar-refractivity contribution is 4.89. The summed E-state index contributed by atoms with van der Waals surface area (Å²) in [5, 5.41) is 3.56. The van der Waals surface area contributed by atoms with Gasteiger partial charge in [0.15, 0.2) is 0 Å². The monoisotopic (exact) mass is 221 g/mol. The van der Waals surface area contributed by atoms with Crippen LogP contribution >= 0.6 is 0 Å². The summed E-state index contributed by atoms with van der Waals surface area (Å²) >= 11 is 0. The van der Waals surface area contributed by atoms with Crippen molar-refractivity contribution in [2.24, 2.45) is 11.8 Å². The Morgan fingerprint density at radius 1 is 1.44 bits per heavy atom. The highest BCUT2D eigenvalue weighted by atomic mass is 15.1. The Bertz CT molecular complexity index is 286. The summed E-state index contributed by atoms with van der Waals surface area (Å²) < 4.78 is 2.24. The van der Waals surface area contributed by atoms with Gasteiger partial charge in [-0.2, -0.15) is 0 Å². The molecule has 0 atom stereocenters. The summed E-state index contributed by atoms with van der Waals surface area (Å²) in [6.45, 7) is 6.92. The van der Waals surface area contributed by atoms with Crippen LogP contribution in [-0.2, 0) is 0 Å². The predicted molar refractivity (Wildman–Crippen MR) is 66.3 cm³/mol. The quantitative estimate of drug-likeness (QED) is 0.748. The van der Waals surface area contributed by atoms with Crippen LogP contribution in [0.4, 0.5) is 0 Å². The summed E-state index contributed by atoms with van der Waals surface area (Å²) in [5.41, 5.74) is 0. The maximum atomic E-state index is 4.09. The molecule has 0 amide bonds. The Balaban J connectivity index is 1.55. The molecular formula is C13H23N3. The van der Waals surface area contributed by atoms with Gasteiger partial charge in [-0.15, -0.1) is 0 Å². The normalized spacial score (nSPS) is 24.7. The van der Waals surface area contributed by atoms with Crippen LogP contribution < -0.4 is 5.32 Å². The van der Waals surface area contributed by atoms with Gasteiger partial charge in [0.25, 0.3) is 0 Å². The molecule has 1 aliphatic rings. The largest absolute Gasteiger partial charge is 0.334 e. The third-order valence-corrected chi connectivity index (χ3v) is 3.49. The first-order valence-corrected chi connectivity index (χ1v) is 6.44. The number of rotatable bonds is 6. The third-order valence-electron chi connectivity index (χ3n) is 3.49. The van der Waals surface area contributed by atoms with E-state index in [1.807, 2.05) is 12.5 Å². The Morgan fingerprint density at radius 2 is 2.25 bits per heavy atom. The molecule has 0 bridgehead atoms. The lowest BCUT2D eigenvalue weighted by Gasteiger charge is -2.36. The van der Waals surface area contributed by atoms with Crippen LogP contribution in [0.5, 0.6) is 0 Å². The molecule has 16 heavy (non-hydrogen) atoms. The molecule has 0 saturated heterocycles. The average molecular weight is 221 g/mol. The van der Waals surface area contributed by atoms with E-state index in [0.29, 0.717) is 6.04 Å². The number of hydrogen-bond donors (Lipinski definition) is 1. The topological polar surface area (TPSA) is 29.9 Å². The van der Waals surface area contributed by atoms with E-state index in [9.17, 15) is 0 Å². The summed E-state index contributed by atoms with van der Waals surface area (Å²) in [5.74, 6) is 1.69. The van der Waals surface area contributed by atoms with Gasteiger partial charge >= 0.3 is 0 Å². The van der Waals surface area contributed by atoms with E-state index >= 15 is 0 Å². The lowest BCUT2D eigenvalue weighted by atomic mass is 9.80. The summed E-state index contributed by atoms with van der Waals surface area (Å²) in [6.07, 6.45) is 9.79. The lowest BCUT2D eigenvalue weighted by Crippen LogP contribution is -2.34. The molecule has 1 N–H and O–H groups in total. The zero-order valence-electron chi connectivity index (χ0n) is 10.4. The van der Waals surface area contributed by atoms with Crippen molar-refractivity contribution in [1.82, 2.24) is 14.9 Å². The van der Waals surface area contributed by atoms with Crippen molar-refractivity contribution in [3.05, 3.63) is 18.7 Å². The number of hydrogen-bond acceptors (Lipinski definition) is 2. The van der Waals surface area contributed by atoms with Crippen LogP contribution in [0.25, 0.3) is 0 Å². The fourth-order valence-electron chi connectivity index (χ4n) is 2.29. The van der Waals surface area contributed by atoms with Crippen LogP contribution in [0, 0.1) is 11.8 Å². The Labute approximate surface area is 98.3 Å². The van der Waals surface area contributed by atoms with Gasteiger partial charge in [-0.05, 0) is 44.2 Å². The van der Waals surface area contributed by atoms with Crippen LogP contribution in [-0.4, -0.2) is 22.6 Å². The van der Waals surface area contributed by atoms with Gasteiger partial charge in [-0.1, -0.05) is 13.8 Å². The first kappa shape index (κ1) is 11.6. The minimum absolute atomic E-state index is 0.708. The molecule has 90 valence electrons. The SMILES string of the molecule is CC(C)CCNCC1CC(n2ccnc2)C1. The smallest absolute Gasteiger partial charge is 0.0948 e. The second-order valence-electron chi connectivity index (χ2n) is 5.39. The molecule has 0 unspecified atom stereocenters. The van der Waals surface area contributed by atoms with Crippen LogP contribution in [0.1, 0.15) is 39.2 Å². The van der Waals surface area contributed by atoms with Crippen LogP contribution in [0.2, 0.25) is 0 Å². The highest BCUT2D eigenvalue weighted by Gasteiger charge is 2.29. The van der Waals surface area contributed by atoms with Crippen molar-refractivity contribution in [3.8, 4) is 0 Å². The second kappa shape index (κ2) is 5.48. The molecular weight excluding hydrogens is 198 g/mol. The average Bonchev–Trinajstić information content (AvgIpc) is 2.67. The van der Waals surface area contributed by atoms with Crippen molar-refractivity contribution in [2.45, 2.75) is 39.2 Å². The zero-order chi connectivity index (χ0) is 11.4. The Hall–Kier alpha value is -0.830. The summed E-state index contributed by atoms with van der Waals surface area (Å²) in [4.78, 5) is 4.09. The van der Waals surface area contributed by atoms with Gasteiger partial charge in [0, 0.05) is 18.4 Å². The molecule has 0 aliphatic heterocycles. The molecule has 1 heterocycles. The first-order chi connectivity index (χ1) is 7.75. The van der Waals surface area contributed by atoms with Gasteiger partial charge in [0.1, 0.15) is 0 Å². The number of nitrogens with one attached hydrogen (secondary N) is 1. The molecule has 0 radical (unpaired) electrons. The minimum Gasteiger partial charge on any atom is -0.334 e. The van der Waals surface area contributed by atoms with E-state index in [-0.39, 0.29) is 0 Å². The molecule has 1 fully saturated rings. The second-order valence-corrected chi connectivity index (χ2v) is 5.39. The van der Waals surface area contributed by atoms with Crippen molar-refractivity contribution in [3.63, 3.8) is 0 Å². The molecule has 1 aliphatic carbocycles. The molecule has 3 heteroatoms. The van der Waals surface area contributed by atoms with E-state index in [1.165, 1.54) is 32.4 Å². The maximum absolute atomic E-state index is 4.09. The molecule has 0 aromatic carbocycles. The van der Waals surface area contributed by atoms with E-state index in [2.05, 4.69) is 34.9 Å². The van der Waals surface area contributed by atoms with Gasteiger partial charge in [0.2, 0.25) is 0 Å². The van der Waals surface area contributed by atoms with Crippen molar-refractivity contribution < 1.29 is 0 Å². The van der Waals surface area contributed by atoms with Crippen molar-refractivity contribution >= 4 is 0 Å². The standard InChI is InChI=1S/C13H23N3/c1-11(2)3-4-14-9-12-7-13(8-12)16-6-5-15-10-16/h5-6,10-14H,3-4,7-9H2,1-2H3. The van der Waals surface area contributed by atoms with E-state index < -0.39 is 0 Å². The molecule has 3 nitrogen and oxygen atoms in total. The molecule has 1 saturated carbocycles. The summed E-state index contributed by atoms with van der Waals surface area (Å²) in [7, 11) is 0. The zero-order valence-corrected chi connectivity index (χ0v) is 10.4. The van der Waals surface area contributed by atoms with Crippen LogP contribution in [0.3, 0.4) is 0 Å². The predicted octanol–water partition coefficient (Wildman–Crippen LogP) is 2.47.